The maximum Gasteiger partial charge on any atom is 0.381 e. The van der Waals surface area contributed by atoms with Gasteiger partial charge < -0.3 is 24.2 Å². The summed E-state index contributed by atoms with van der Waals surface area (Å²) in [6.45, 7) is 4.40. The fraction of sp³-hybridized carbons (Fsp3) is 0.308. The molecule has 0 atom stereocenters. The van der Waals surface area contributed by atoms with Crippen LogP contribution in [0.15, 0.2) is 61.1 Å². The summed E-state index contributed by atoms with van der Waals surface area (Å²) >= 11 is 1.65. The van der Waals surface area contributed by atoms with Crippen molar-refractivity contribution in [1.29, 1.82) is 0 Å². The Kier molecular flexibility index (Phi) is 7.24. The van der Waals surface area contributed by atoms with Gasteiger partial charge in [0, 0.05) is 18.7 Å². The van der Waals surface area contributed by atoms with Crippen molar-refractivity contribution < 1.29 is 14.4 Å². The molecule has 5 aromatic rings. The molecule has 10 heteroatoms. The Balaban J connectivity index is 1.26. The summed E-state index contributed by atoms with van der Waals surface area (Å²) in [6.07, 6.45) is 5.74. The molecule has 36 heavy (non-hydrogen) atoms. The number of hydrogen-bond acceptors (Lipinski definition) is 7. The third-order valence-corrected chi connectivity index (χ3v) is 6.93. The van der Waals surface area contributed by atoms with Crippen molar-refractivity contribution in [2.45, 2.75) is 39.3 Å². The highest BCUT2D eigenvalue weighted by Crippen LogP contribution is 2.35. The van der Waals surface area contributed by atoms with Crippen molar-refractivity contribution in [3.05, 3.63) is 76.9 Å². The summed E-state index contributed by atoms with van der Waals surface area (Å²) in [5.74, 6) is 0.746. The van der Waals surface area contributed by atoms with Gasteiger partial charge in [-0.15, -0.1) is 0 Å². The fourth-order valence-corrected chi connectivity index (χ4v) is 5.31. The Bertz CT molecular complexity index is 1470. The van der Waals surface area contributed by atoms with Crippen LogP contribution in [0.5, 0.6) is 5.75 Å². The van der Waals surface area contributed by atoms with Gasteiger partial charge in [-0.05, 0) is 54.3 Å². The maximum absolute atomic E-state index is 10.8. The van der Waals surface area contributed by atoms with E-state index in [0.29, 0.717) is 26.4 Å². The van der Waals surface area contributed by atoms with Crippen molar-refractivity contribution in [3.8, 4) is 17.0 Å². The molecule has 0 amide bonds. The Morgan fingerprint density at radius 3 is 2.75 bits per heavy atom. The number of ether oxygens (including phenoxy) is 2. The molecular formula is C26H27N5O4S. The highest BCUT2D eigenvalue weighted by molar-refractivity contribution is 7.23. The van der Waals surface area contributed by atoms with E-state index >= 15 is 0 Å². The van der Waals surface area contributed by atoms with E-state index in [4.69, 9.17) is 14.5 Å². The summed E-state index contributed by atoms with van der Waals surface area (Å²) in [7, 11) is 0. The van der Waals surface area contributed by atoms with Crippen LogP contribution in [-0.2, 0) is 17.9 Å². The van der Waals surface area contributed by atoms with Gasteiger partial charge in [-0.3, -0.25) is 4.40 Å². The number of fused-ring (bicyclic) bond motifs is 3. The van der Waals surface area contributed by atoms with Crippen LogP contribution in [0.1, 0.15) is 31.9 Å². The van der Waals surface area contributed by atoms with Crippen LogP contribution in [0.2, 0.25) is 0 Å². The quantitative estimate of drug-likeness (QED) is 0.115. The van der Waals surface area contributed by atoms with Crippen LogP contribution < -0.4 is 4.74 Å². The standard InChI is InChI=1S/C26H27N5O4S/c1-2-35-20-11-12-21-23(15-20)36-26-28-25(19-9-5-3-6-10-19)22(30(21)26)17-34-14-8-4-7-13-29-16-24(27-18-29)31(32)33/h3,5-6,9-12,15-16,18H,2,4,7-8,13-14,17H2,1H3. The SMILES string of the molecule is CCOc1ccc2c(c1)sc1nc(-c3ccccc3)c(COCCCCCn3cnc([N+](=O)[O-])c3)n12. The Labute approximate surface area is 212 Å². The number of aromatic nitrogens is 4. The van der Waals surface area contributed by atoms with E-state index in [1.807, 2.05) is 31.2 Å². The molecule has 9 nitrogen and oxygen atoms in total. The summed E-state index contributed by atoms with van der Waals surface area (Å²) in [5, 5.41) is 10.8. The molecule has 0 unspecified atom stereocenters. The van der Waals surface area contributed by atoms with Gasteiger partial charge in [0.05, 0.1) is 34.8 Å². The molecule has 0 aliphatic carbocycles. The molecule has 0 saturated carbocycles. The van der Waals surface area contributed by atoms with Gasteiger partial charge in [0.2, 0.25) is 6.33 Å². The van der Waals surface area contributed by atoms with Gasteiger partial charge in [0.15, 0.2) is 4.96 Å². The number of unbranched alkanes of at least 4 members (excludes halogenated alkanes) is 2. The molecule has 0 spiro atoms. The van der Waals surface area contributed by atoms with Gasteiger partial charge in [0.1, 0.15) is 11.9 Å². The number of benzene rings is 2. The lowest BCUT2D eigenvalue weighted by atomic mass is 10.1. The first-order chi connectivity index (χ1) is 17.6. The second-order valence-corrected chi connectivity index (χ2v) is 9.40. The molecule has 0 fully saturated rings. The summed E-state index contributed by atoms with van der Waals surface area (Å²) in [4.78, 5) is 20.0. The van der Waals surface area contributed by atoms with Gasteiger partial charge in [-0.2, -0.15) is 0 Å². The third-order valence-electron chi connectivity index (χ3n) is 5.92. The Hall–Kier alpha value is -3.76. The summed E-state index contributed by atoms with van der Waals surface area (Å²) < 4.78 is 16.9. The topological polar surface area (TPSA) is 96.7 Å². The normalized spacial score (nSPS) is 11.5. The van der Waals surface area contributed by atoms with E-state index in [1.54, 1.807) is 15.9 Å². The van der Waals surface area contributed by atoms with Crippen LogP contribution in [0.25, 0.3) is 26.4 Å². The molecule has 0 saturated heterocycles. The molecule has 0 aliphatic rings. The van der Waals surface area contributed by atoms with Crippen molar-refractivity contribution in [2.75, 3.05) is 13.2 Å². The summed E-state index contributed by atoms with van der Waals surface area (Å²) in [6, 6.07) is 16.4. The van der Waals surface area contributed by atoms with Crippen molar-refractivity contribution >= 4 is 32.3 Å². The number of hydrogen-bond donors (Lipinski definition) is 0. The van der Waals surface area contributed by atoms with E-state index in [-0.39, 0.29) is 5.82 Å². The molecule has 2 aromatic carbocycles. The minimum Gasteiger partial charge on any atom is -0.494 e. The van der Waals surface area contributed by atoms with E-state index < -0.39 is 4.92 Å². The first-order valence-electron chi connectivity index (χ1n) is 12.0. The van der Waals surface area contributed by atoms with E-state index in [2.05, 4.69) is 33.7 Å². The lowest BCUT2D eigenvalue weighted by molar-refractivity contribution is -0.389. The predicted molar refractivity (Wildman–Crippen MR) is 140 cm³/mol. The molecular weight excluding hydrogens is 478 g/mol. The second-order valence-electron chi connectivity index (χ2n) is 8.40. The van der Waals surface area contributed by atoms with E-state index in [0.717, 1.165) is 57.1 Å². The zero-order chi connectivity index (χ0) is 24.9. The highest BCUT2D eigenvalue weighted by Gasteiger charge is 2.19. The lowest BCUT2D eigenvalue weighted by Gasteiger charge is -2.08. The van der Waals surface area contributed by atoms with Gasteiger partial charge in [-0.1, -0.05) is 41.7 Å². The molecule has 0 bridgehead atoms. The molecule has 186 valence electrons. The third kappa shape index (κ3) is 5.09. The molecule has 0 N–H and O–H groups in total. The average molecular weight is 506 g/mol. The second kappa shape index (κ2) is 10.9. The predicted octanol–water partition coefficient (Wildman–Crippen LogP) is 6.11. The largest absolute Gasteiger partial charge is 0.494 e. The van der Waals surface area contributed by atoms with Crippen LogP contribution in [0, 0.1) is 10.1 Å². The fourth-order valence-electron chi connectivity index (χ4n) is 4.23. The molecule has 5 rings (SSSR count). The first-order valence-corrected chi connectivity index (χ1v) is 12.8. The number of nitrogens with zero attached hydrogens (tertiary/aromatic N) is 5. The zero-order valence-electron chi connectivity index (χ0n) is 20.0. The Morgan fingerprint density at radius 1 is 1.11 bits per heavy atom. The molecule has 3 heterocycles. The zero-order valence-corrected chi connectivity index (χ0v) is 20.8. The van der Waals surface area contributed by atoms with Crippen molar-refractivity contribution in [1.82, 2.24) is 18.9 Å². The number of thiazole rings is 1. The lowest BCUT2D eigenvalue weighted by Crippen LogP contribution is -2.01. The summed E-state index contributed by atoms with van der Waals surface area (Å²) in [5.41, 5.74) is 4.15. The average Bonchev–Trinajstić information content (AvgIpc) is 3.58. The molecule has 0 radical (unpaired) electrons. The highest BCUT2D eigenvalue weighted by atomic mass is 32.1. The number of aryl methyl sites for hydroxylation is 1. The first kappa shape index (κ1) is 24.0. The van der Waals surface area contributed by atoms with Crippen LogP contribution in [-0.4, -0.2) is 37.1 Å². The molecule has 3 aromatic heterocycles. The van der Waals surface area contributed by atoms with Gasteiger partial charge >= 0.3 is 5.82 Å². The minimum absolute atomic E-state index is 0.116. The van der Waals surface area contributed by atoms with Crippen LogP contribution in [0.3, 0.4) is 0 Å². The van der Waals surface area contributed by atoms with Gasteiger partial charge in [0.25, 0.3) is 0 Å². The van der Waals surface area contributed by atoms with Crippen LogP contribution in [0.4, 0.5) is 5.82 Å². The number of rotatable bonds is 12. The minimum atomic E-state index is -0.476. The number of imidazole rings is 2. The monoisotopic (exact) mass is 505 g/mol. The smallest absolute Gasteiger partial charge is 0.381 e. The van der Waals surface area contributed by atoms with Crippen molar-refractivity contribution in [2.24, 2.45) is 0 Å². The number of nitro groups is 1. The van der Waals surface area contributed by atoms with Crippen molar-refractivity contribution in [3.63, 3.8) is 0 Å². The van der Waals surface area contributed by atoms with Crippen LogP contribution >= 0.6 is 11.3 Å². The molecule has 0 aliphatic heterocycles. The Morgan fingerprint density at radius 2 is 1.97 bits per heavy atom. The van der Waals surface area contributed by atoms with E-state index in [9.17, 15) is 10.1 Å². The maximum atomic E-state index is 10.8. The van der Waals surface area contributed by atoms with E-state index in [1.165, 1.54) is 12.5 Å². The van der Waals surface area contributed by atoms with Gasteiger partial charge in [-0.25, -0.2) is 4.98 Å².